The predicted octanol–water partition coefficient (Wildman–Crippen LogP) is 5.87. The predicted molar refractivity (Wildman–Crippen MR) is 135 cm³/mol. The highest BCUT2D eigenvalue weighted by atomic mass is 16.6. The highest BCUT2D eigenvalue weighted by Crippen LogP contribution is 2.67. The number of carbonyl (C=O) groups excluding carboxylic acids is 3. The Hall–Kier alpha value is -1.59. The van der Waals surface area contributed by atoms with E-state index in [1.54, 1.807) is 27.8 Å². The van der Waals surface area contributed by atoms with Crippen LogP contribution >= 0.6 is 0 Å². The Morgan fingerprint density at radius 3 is 2.31 bits per heavy atom. The van der Waals surface area contributed by atoms with Crippen molar-refractivity contribution in [3.8, 4) is 0 Å². The monoisotopic (exact) mass is 489 g/mol. The van der Waals surface area contributed by atoms with Crippen molar-refractivity contribution in [2.45, 2.75) is 98.5 Å². The van der Waals surface area contributed by atoms with Gasteiger partial charge in [-0.2, -0.15) is 0 Å². The number of hydrogen-bond donors (Lipinski definition) is 0. The average Bonchev–Trinajstić information content (AvgIpc) is 3.16. The first-order valence-electron chi connectivity index (χ1n) is 14.1. The Morgan fingerprint density at radius 1 is 0.943 bits per heavy atom. The summed E-state index contributed by atoms with van der Waals surface area (Å²) in [5.41, 5.74) is 0.523. The molecule has 0 unspecified atom stereocenters. The van der Waals surface area contributed by atoms with Crippen LogP contribution in [0, 0.1) is 46.3 Å². The first kappa shape index (κ1) is 26.5. The zero-order valence-electron chi connectivity index (χ0n) is 22.8. The van der Waals surface area contributed by atoms with Gasteiger partial charge in [-0.15, -0.1) is 0 Å². The van der Waals surface area contributed by atoms with Gasteiger partial charge in [0.15, 0.2) is 0 Å². The van der Waals surface area contributed by atoms with Crippen molar-refractivity contribution in [3.05, 3.63) is 0 Å². The molecule has 35 heavy (non-hydrogen) atoms. The Balaban J connectivity index is 1.32. The molecule has 1 amide bonds. The quantitative estimate of drug-likeness (QED) is 0.436. The van der Waals surface area contributed by atoms with Gasteiger partial charge in [0, 0.05) is 13.0 Å². The van der Waals surface area contributed by atoms with Crippen molar-refractivity contribution in [1.82, 2.24) is 4.90 Å². The molecule has 0 spiro atoms. The van der Waals surface area contributed by atoms with E-state index in [1.807, 2.05) is 0 Å². The van der Waals surface area contributed by atoms with Gasteiger partial charge in [0.1, 0.15) is 18.5 Å². The van der Waals surface area contributed by atoms with Gasteiger partial charge in [-0.05, 0) is 99.2 Å². The molecule has 4 aliphatic rings. The van der Waals surface area contributed by atoms with Crippen molar-refractivity contribution in [2.75, 3.05) is 20.2 Å². The molecule has 0 radical (unpaired) electrons. The molecule has 0 aromatic heterocycles. The van der Waals surface area contributed by atoms with E-state index < -0.39 is 0 Å². The lowest BCUT2D eigenvalue weighted by Crippen LogP contribution is -2.54. The van der Waals surface area contributed by atoms with Crippen molar-refractivity contribution < 1.29 is 23.9 Å². The van der Waals surface area contributed by atoms with Gasteiger partial charge in [0.25, 0.3) is 0 Å². The summed E-state index contributed by atoms with van der Waals surface area (Å²) in [5, 5.41) is 0. The summed E-state index contributed by atoms with van der Waals surface area (Å²) >= 11 is 0. The summed E-state index contributed by atoms with van der Waals surface area (Å²) in [6.45, 7) is 10.9. The molecule has 0 bridgehead atoms. The molecule has 4 aliphatic carbocycles. The zero-order chi connectivity index (χ0) is 25.5. The molecule has 0 heterocycles. The van der Waals surface area contributed by atoms with Crippen LogP contribution in [0.4, 0.5) is 4.79 Å². The van der Waals surface area contributed by atoms with Crippen molar-refractivity contribution in [3.63, 3.8) is 0 Å². The molecule has 0 N–H and O–H groups in total. The summed E-state index contributed by atoms with van der Waals surface area (Å²) in [6.07, 6.45) is 9.88. The van der Waals surface area contributed by atoms with Crippen LogP contribution < -0.4 is 0 Å². The van der Waals surface area contributed by atoms with Gasteiger partial charge >= 0.3 is 12.1 Å². The number of nitrogens with zero attached hydrogens (tertiary/aromatic N) is 1. The molecule has 0 aliphatic heterocycles. The van der Waals surface area contributed by atoms with Crippen LogP contribution in [0.1, 0.15) is 92.4 Å². The molecule has 4 rings (SSSR count). The van der Waals surface area contributed by atoms with Crippen molar-refractivity contribution >= 4 is 17.8 Å². The number of hydrogen-bond acceptors (Lipinski definition) is 5. The van der Waals surface area contributed by atoms with Gasteiger partial charge in [-0.1, -0.05) is 27.7 Å². The summed E-state index contributed by atoms with van der Waals surface area (Å²) in [6, 6.07) is 0. The Kier molecular flexibility index (Phi) is 7.60. The van der Waals surface area contributed by atoms with Gasteiger partial charge in [-0.25, -0.2) is 4.79 Å². The molecule has 6 heteroatoms. The fourth-order valence-corrected chi connectivity index (χ4v) is 8.77. The molecular weight excluding hydrogens is 442 g/mol. The SMILES string of the molecule is CC(=O)[C@H]1CC[C@H]2[C@@H]3CC[C@H]4C[C@H](OC(=O)N(C)CCOC(=O)C(C)C)CC[C@]4(C)[C@H]3CC[C@]12C. The van der Waals surface area contributed by atoms with E-state index in [1.165, 1.54) is 37.0 Å². The highest BCUT2D eigenvalue weighted by molar-refractivity contribution is 5.79. The topological polar surface area (TPSA) is 72.9 Å². The largest absolute Gasteiger partial charge is 0.464 e. The zero-order valence-corrected chi connectivity index (χ0v) is 22.8. The second kappa shape index (κ2) is 10.0. The van der Waals surface area contributed by atoms with Gasteiger partial charge in [0.05, 0.1) is 12.5 Å². The Bertz CT molecular complexity index is 826. The van der Waals surface area contributed by atoms with Crippen LogP contribution in [0.3, 0.4) is 0 Å². The normalized spacial score (nSPS) is 40.3. The summed E-state index contributed by atoms with van der Waals surface area (Å²) in [5.74, 6) is 3.04. The number of ketones is 1. The van der Waals surface area contributed by atoms with Crippen LogP contribution in [0.25, 0.3) is 0 Å². The fourth-order valence-electron chi connectivity index (χ4n) is 8.77. The number of likely N-dealkylation sites (N-methyl/N-ethyl adjacent to an activating group) is 1. The average molecular weight is 490 g/mol. The van der Waals surface area contributed by atoms with Crippen LogP contribution in [0.15, 0.2) is 0 Å². The van der Waals surface area contributed by atoms with E-state index in [0.29, 0.717) is 29.6 Å². The maximum Gasteiger partial charge on any atom is 0.409 e. The minimum atomic E-state index is -0.317. The molecule has 4 saturated carbocycles. The second-order valence-corrected chi connectivity index (χ2v) is 13.0. The maximum absolute atomic E-state index is 12.7. The number of esters is 1. The van der Waals surface area contributed by atoms with Gasteiger partial charge in [0.2, 0.25) is 0 Å². The van der Waals surface area contributed by atoms with E-state index in [-0.39, 0.29) is 42.0 Å². The van der Waals surface area contributed by atoms with Crippen LogP contribution in [-0.2, 0) is 19.1 Å². The summed E-state index contributed by atoms with van der Waals surface area (Å²) in [7, 11) is 1.71. The van der Waals surface area contributed by atoms with Crippen LogP contribution in [0.5, 0.6) is 0 Å². The lowest BCUT2D eigenvalue weighted by Gasteiger charge is -2.61. The summed E-state index contributed by atoms with van der Waals surface area (Å²) in [4.78, 5) is 38.2. The van der Waals surface area contributed by atoms with E-state index in [4.69, 9.17) is 9.47 Å². The summed E-state index contributed by atoms with van der Waals surface area (Å²) < 4.78 is 11.1. The van der Waals surface area contributed by atoms with Gasteiger partial charge in [-0.3, -0.25) is 9.59 Å². The molecule has 0 aromatic carbocycles. The lowest BCUT2D eigenvalue weighted by atomic mass is 9.44. The molecule has 0 aromatic rings. The third-order valence-electron chi connectivity index (χ3n) is 10.8. The number of fused-ring (bicyclic) bond motifs is 5. The molecule has 198 valence electrons. The molecule has 6 nitrogen and oxygen atoms in total. The number of rotatable bonds is 6. The van der Waals surface area contributed by atoms with Crippen LogP contribution in [0.2, 0.25) is 0 Å². The smallest absolute Gasteiger partial charge is 0.409 e. The maximum atomic E-state index is 12.7. The molecular formula is C29H47NO5. The second-order valence-electron chi connectivity index (χ2n) is 13.0. The third-order valence-corrected chi connectivity index (χ3v) is 10.8. The third kappa shape index (κ3) is 4.87. The van der Waals surface area contributed by atoms with Crippen molar-refractivity contribution in [1.29, 1.82) is 0 Å². The number of amides is 1. The standard InChI is InChI=1S/C29H47NO5/c1-18(2)26(32)34-16-15-30(6)27(33)35-21-11-13-28(4)20(17-21)7-8-22-24-10-9-23(19(3)31)29(24,5)14-12-25(22)28/h18,20-25H,7-17H2,1-6H3/t20-,21+,22-,23+,24-,25-,28-,29+/m0/s1. The van der Waals surface area contributed by atoms with E-state index in [2.05, 4.69) is 13.8 Å². The molecule has 8 atom stereocenters. The molecule has 0 saturated heterocycles. The number of Topliss-reactive ketones (excluding diaryl/α,β-unsaturated/α-hetero) is 1. The Labute approximate surface area is 211 Å². The van der Waals surface area contributed by atoms with Gasteiger partial charge < -0.3 is 14.4 Å². The highest BCUT2D eigenvalue weighted by Gasteiger charge is 2.61. The van der Waals surface area contributed by atoms with E-state index >= 15 is 0 Å². The number of carbonyl (C=O) groups is 3. The molecule has 4 fully saturated rings. The number of ether oxygens (including phenoxy) is 2. The van der Waals surface area contributed by atoms with Crippen molar-refractivity contribution in [2.24, 2.45) is 46.3 Å². The first-order valence-corrected chi connectivity index (χ1v) is 14.1. The minimum absolute atomic E-state index is 0.0276. The Morgan fingerprint density at radius 2 is 1.63 bits per heavy atom. The lowest BCUT2D eigenvalue weighted by molar-refractivity contribution is -0.147. The minimum Gasteiger partial charge on any atom is -0.464 e. The van der Waals surface area contributed by atoms with Crippen LogP contribution in [-0.4, -0.2) is 49.0 Å². The van der Waals surface area contributed by atoms with E-state index in [9.17, 15) is 14.4 Å². The fraction of sp³-hybridized carbons (Fsp3) is 0.897. The first-order chi connectivity index (χ1) is 16.5. The van der Waals surface area contributed by atoms with E-state index in [0.717, 1.165) is 37.5 Å².